The number of ketones is 1. The van der Waals surface area contributed by atoms with Crippen LogP contribution in [0, 0.1) is 17.2 Å². The second-order valence-electron chi connectivity index (χ2n) is 9.17. The fourth-order valence-corrected chi connectivity index (χ4v) is 5.36. The van der Waals surface area contributed by atoms with Crippen LogP contribution in [-0.4, -0.2) is 57.4 Å². The molecule has 0 bridgehead atoms. The van der Waals surface area contributed by atoms with E-state index in [0.717, 1.165) is 0 Å². The minimum absolute atomic E-state index is 0.00197. The van der Waals surface area contributed by atoms with E-state index in [1.807, 2.05) is 0 Å². The number of ether oxygens (including phenoxy) is 2. The van der Waals surface area contributed by atoms with Crippen molar-refractivity contribution >= 4 is 33.5 Å². The Bertz CT molecular complexity index is 1330. The van der Waals surface area contributed by atoms with Gasteiger partial charge in [0.05, 0.1) is 24.5 Å². The number of hydrogen-bond donors (Lipinski definition) is 1. The van der Waals surface area contributed by atoms with E-state index in [1.54, 1.807) is 42.2 Å². The third kappa shape index (κ3) is 8.51. The summed E-state index contributed by atoms with van der Waals surface area (Å²) in [6.45, 7) is 4.07. The Morgan fingerprint density at radius 3 is 2.49 bits per heavy atom. The molecule has 0 spiro atoms. The lowest BCUT2D eigenvalue weighted by atomic mass is 9.96. The lowest BCUT2D eigenvalue weighted by Gasteiger charge is -2.32. The summed E-state index contributed by atoms with van der Waals surface area (Å²) in [6, 6.07) is 12.0. The van der Waals surface area contributed by atoms with Crippen LogP contribution >= 0.6 is 0 Å². The van der Waals surface area contributed by atoms with Crippen LogP contribution in [0.5, 0.6) is 5.88 Å². The lowest BCUT2D eigenvalue weighted by molar-refractivity contribution is -0.123. The number of carbonyl (C=O) groups is 3. The molecular weight excluding hydrogens is 524 g/mol. The van der Waals surface area contributed by atoms with Gasteiger partial charge in [0.25, 0.3) is 0 Å². The van der Waals surface area contributed by atoms with Crippen LogP contribution in [0.1, 0.15) is 61.0 Å². The first-order chi connectivity index (χ1) is 18.6. The molecule has 1 aliphatic heterocycles. The van der Waals surface area contributed by atoms with Crippen molar-refractivity contribution < 1.29 is 32.3 Å². The minimum Gasteiger partial charge on any atom is -0.477 e. The number of esters is 1. The molecule has 0 unspecified atom stereocenters. The molecule has 3 rings (SSSR count). The van der Waals surface area contributed by atoms with Crippen molar-refractivity contribution in [1.29, 1.82) is 5.26 Å². The summed E-state index contributed by atoms with van der Waals surface area (Å²) in [5.41, 5.74) is 0.730. The fourth-order valence-electron chi connectivity index (χ4n) is 4.19. The van der Waals surface area contributed by atoms with E-state index in [0.29, 0.717) is 50.2 Å². The minimum atomic E-state index is -3.85. The Kier molecular flexibility index (Phi) is 10.4. The van der Waals surface area contributed by atoms with E-state index in [-0.39, 0.29) is 41.8 Å². The summed E-state index contributed by atoms with van der Waals surface area (Å²) < 4.78 is 37.9. The van der Waals surface area contributed by atoms with Gasteiger partial charge in [-0.15, -0.1) is 0 Å². The third-order valence-electron chi connectivity index (χ3n) is 6.12. The highest BCUT2D eigenvalue weighted by atomic mass is 32.2. The number of sulfonamides is 1. The average molecular weight is 557 g/mol. The van der Waals surface area contributed by atoms with Crippen LogP contribution in [0.4, 0.5) is 5.82 Å². The molecule has 1 aliphatic rings. The maximum atomic E-state index is 12.7. The van der Waals surface area contributed by atoms with Gasteiger partial charge in [-0.2, -0.15) is 10.2 Å². The van der Waals surface area contributed by atoms with Gasteiger partial charge in [0.2, 0.25) is 21.8 Å². The molecule has 2 aromatic rings. The topological polar surface area (TPSA) is 156 Å². The van der Waals surface area contributed by atoms with Gasteiger partial charge in [0.15, 0.2) is 5.82 Å². The number of hydrogen-bond acceptors (Lipinski definition) is 10. The van der Waals surface area contributed by atoms with E-state index in [1.165, 1.54) is 13.0 Å². The predicted molar refractivity (Wildman–Crippen MR) is 142 cm³/mol. The third-order valence-corrected chi connectivity index (χ3v) is 7.34. The van der Waals surface area contributed by atoms with Gasteiger partial charge in [-0.3, -0.25) is 9.52 Å². The number of benzene rings is 1. The van der Waals surface area contributed by atoms with Crippen LogP contribution in [-0.2, 0) is 30.1 Å². The first-order valence-electron chi connectivity index (χ1n) is 12.7. The van der Waals surface area contributed by atoms with E-state index in [4.69, 9.17) is 9.47 Å². The normalized spacial score (nSPS) is 13.8. The molecule has 0 radical (unpaired) electrons. The van der Waals surface area contributed by atoms with E-state index < -0.39 is 27.8 Å². The van der Waals surface area contributed by atoms with Crippen molar-refractivity contribution in [3.63, 3.8) is 0 Å². The molecule has 39 heavy (non-hydrogen) atoms. The van der Waals surface area contributed by atoms with Gasteiger partial charge < -0.3 is 19.2 Å². The Balaban J connectivity index is 1.71. The molecule has 0 aliphatic carbocycles. The van der Waals surface area contributed by atoms with Crippen molar-refractivity contribution in [3.8, 4) is 11.9 Å². The van der Waals surface area contributed by atoms with Crippen molar-refractivity contribution in [1.82, 2.24) is 9.71 Å². The second kappa shape index (κ2) is 13.7. The summed E-state index contributed by atoms with van der Waals surface area (Å²) in [4.78, 5) is 42.7. The maximum absolute atomic E-state index is 12.7. The number of pyridine rings is 1. The molecule has 208 valence electrons. The van der Waals surface area contributed by atoms with Crippen molar-refractivity contribution in [2.75, 3.05) is 31.2 Å². The predicted octanol–water partition coefficient (Wildman–Crippen LogP) is 2.74. The molecule has 1 N–H and O–H groups in total. The zero-order chi connectivity index (χ0) is 28.4. The number of amides is 1. The van der Waals surface area contributed by atoms with Gasteiger partial charge in [0, 0.05) is 25.4 Å². The van der Waals surface area contributed by atoms with Crippen LogP contribution < -0.4 is 14.4 Å². The standard InChI is InChI=1S/C27H32N4O7S/c1-3-37-27(34)23-16-22(17-28)24(29-26(23)38-15-7-8-19(2)32)31-13-11-21(12-14-31)25(33)30-39(35,36)18-20-9-5-4-6-10-20/h4-6,9-10,16,21H,3,7-8,11-15,18H2,1-2H3,(H,30,33). The zero-order valence-electron chi connectivity index (χ0n) is 22.0. The molecule has 2 heterocycles. The van der Waals surface area contributed by atoms with E-state index in [9.17, 15) is 28.1 Å². The van der Waals surface area contributed by atoms with Gasteiger partial charge >= 0.3 is 5.97 Å². The molecule has 12 heteroatoms. The number of nitrogens with one attached hydrogen (secondary N) is 1. The molecular formula is C27H32N4O7S. The number of piperidine rings is 1. The molecule has 0 saturated carbocycles. The first kappa shape index (κ1) is 29.6. The highest BCUT2D eigenvalue weighted by Crippen LogP contribution is 2.30. The Labute approximate surface area is 228 Å². The van der Waals surface area contributed by atoms with Gasteiger partial charge in [-0.05, 0) is 44.7 Å². The molecule has 1 saturated heterocycles. The highest BCUT2D eigenvalue weighted by molar-refractivity contribution is 7.89. The number of aromatic nitrogens is 1. The largest absolute Gasteiger partial charge is 0.477 e. The van der Waals surface area contributed by atoms with Gasteiger partial charge in [-0.25, -0.2) is 13.2 Å². The fraction of sp³-hybridized carbons (Fsp3) is 0.444. The highest BCUT2D eigenvalue weighted by Gasteiger charge is 2.30. The Morgan fingerprint density at radius 1 is 1.18 bits per heavy atom. The number of anilines is 1. The van der Waals surface area contributed by atoms with Gasteiger partial charge in [-0.1, -0.05) is 30.3 Å². The van der Waals surface area contributed by atoms with Crippen LogP contribution in [0.25, 0.3) is 0 Å². The maximum Gasteiger partial charge on any atom is 0.343 e. The average Bonchev–Trinajstić information content (AvgIpc) is 2.90. The zero-order valence-corrected chi connectivity index (χ0v) is 22.8. The monoisotopic (exact) mass is 556 g/mol. The van der Waals surface area contributed by atoms with Crippen molar-refractivity contribution in [2.45, 2.75) is 45.3 Å². The summed E-state index contributed by atoms with van der Waals surface area (Å²) in [7, 11) is -3.85. The summed E-state index contributed by atoms with van der Waals surface area (Å²) in [5, 5.41) is 9.76. The van der Waals surface area contributed by atoms with Crippen LogP contribution in [0.15, 0.2) is 36.4 Å². The Hall–Kier alpha value is -3.98. The number of carbonyl (C=O) groups excluding carboxylic acids is 3. The lowest BCUT2D eigenvalue weighted by Crippen LogP contribution is -2.43. The quantitative estimate of drug-likeness (QED) is 0.305. The summed E-state index contributed by atoms with van der Waals surface area (Å²) in [5.74, 6) is -1.76. The van der Waals surface area contributed by atoms with Crippen molar-refractivity contribution in [2.24, 2.45) is 5.92 Å². The molecule has 1 aromatic carbocycles. The number of nitriles is 1. The van der Waals surface area contributed by atoms with E-state index in [2.05, 4.69) is 15.8 Å². The second-order valence-corrected chi connectivity index (χ2v) is 10.9. The summed E-state index contributed by atoms with van der Waals surface area (Å²) >= 11 is 0. The molecule has 11 nitrogen and oxygen atoms in total. The molecule has 1 amide bonds. The summed E-state index contributed by atoms with van der Waals surface area (Å²) in [6.07, 6.45) is 1.43. The molecule has 1 fully saturated rings. The smallest absolute Gasteiger partial charge is 0.343 e. The molecule has 1 aromatic heterocycles. The Morgan fingerprint density at radius 2 is 1.87 bits per heavy atom. The van der Waals surface area contributed by atoms with Crippen molar-refractivity contribution in [3.05, 3.63) is 53.1 Å². The number of rotatable bonds is 12. The first-order valence-corrected chi connectivity index (χ1v) is 14.4. The molecule has 0 atom stereocenters. The van der Waals surface area contributed by atoms with Crippen LogP contribution in [0.2, 0.25) is 0 Å². The number of nitrogens with zero attached hydrogens (tertiary/aromatic N) is 3. The number of Topliss-reactive ketones (excluding diaryl/α,β-unsaturated/α-hetero) is 1. The van der Waals surface area contributed by atoms with Crippen LogP contribution in [0.3, 0.4) is 0 Å². The van der Waals surface area contributed by atoms with Gasteiger partial charge in [0.1, 0.15) is 17.4 Å². The van der Waals surface area contributed by atoms with E-state index >= 15 is 0 Å². The SMILES string of the molecule is CCOC(=O)c1cc(C#N)c(N2CCC(C(=O)NS(=O)(=O)Cc3ccccc3)CC2)nc1OCCCC(C)=O.